The van der Waals surface area contributed by atoms with Gasteiger partial charge in [0, 0.05) is 19.0 Å². The number of nitrogens with two attached hydrogens (primary N) is 1. The second-order valence-corrected chi connectivity index (χ2v) is 5.93. The zero-order valence-electron chi connectivity index (χ0n) is 11.6. The second kappa shape index (κ2) is 5.80. The summed E-state index contributed by atoms with van der Waals surface area (Å²) in [6, 6.07) is 0.299. The maximum absolute atomic E-state index is 5.70. The zero-order chi connectivity index (χ0) is 13.1. The lowest BCUT2D eigenvalue weighted by atomic mass is 9.94. The van der Waals surface area contributed by atoms with Crippen LogP contribution in [-0.2, 0) is 13.0 Å². The lowest BCUT2D eigenvalue weighted by Gasteiger charge is -2.23. The summed E-state index contributed by atoms with van der Waals surface area (Å²) in [5, 5.41) is 4.30. The molecular weight excluding hydrogens is 226 g/mol. The number of hydrogen-bond donors (Lipinski definition) is 2. The minimum Gasteiger partial charge on any atom is -0.271 e. The summed E-state index contributed by atoms with van der Waals surface area (Å²) in [6.07, 6.45) is 5.20. The van der Waals surface area contributed by atoms with Crippen LogP contribution in [0.4, 0.5) is 0 Å². The Morgan fingerprint density at radius 3 is 2.72 bits per heavy atom. The van der Waals surface area contributed by atoms with Crippen molar-refractivity contribution in [3.8, 4) is 0 Å². The largest absolute Gasteiger partial charge is 0.271 e. The summed E-state index contributed by atoms with van der Waals surface area (Å²) in [6.45, 7) is 7.59. The molecule has 0 saturated heterocycles. The van der Waals surface area contributed by atoms with Crippen LogP contribution < -0.4 is 11.3 Å². The maximum Gasteiger partial charge on any atom is 0.138 e. The van der Waals surface area contributed by atoms with E-state index in [1.807, 2.05) is 4.68 Å². The van der Waals surface area contributed by atoms with Gasteiger partial charge in [-0.3, -0.25) is 11.3 Å². The maximum atomic E-state index is 5.70. The van der Waals surface area contributed by atoms with Crippen molar-refractivity contribution in [3.05, 3.63) is 12.2 Å². The highest BCUT2D eigenvalue weighted by Crippen LogP contribution is 2.38. The molecular formula is C13H25N5. The number of hydrogen-bond acceptors (Lipinski definition) is 4. The van der Waals surface area contributed by atoms with E-state index >= 15 is 0 Å². The molecule has 1 aromatic rings. The van der Waals surface area contributed by atoms with Gasteiger partial charge in [-0.25, -0.2) is 9.67 Å². The first-order valence-electron chi connectivity index (χ1n) is 6.94. The average molecular weight is 251 g/mol. The van der Waals surface area contributed by atoms with Gasteiger partial charge in [0.25, 0.3) is 0 Å². The van der Waals surface area contributed by atoms with Crippen LogP contribution in [0.5, 0.6) is 0 Å². The van der Waals surface area contributed by atoms with Gasteiger partial charge in [0.1, 0.15) is 12.2 Å². The van der Waals surface area contributed by atoms with Gasteiger partial charge in [-0.05, 0) is 30.6 Å². The van der Waals surface area contributed by atoms with E-state index in [4.69, 9.17) is 5.84 Å². The zero-order valence-corrected chi connectivity index (χ0v) is 11.6. The summed E-state index contributed by atoms with van der Waals surface area (Å²) >= 11 is 0. The standard InChI is InChI=1S/C13H25N5/c1-9(2)7-18-13(15-8-16-18)6-12(17-14)10(3)11-4-5-11/h8-12,17H,4-7,14H2,1-3H3. The normalized spacial score (nSPS) is 19.2. The first kappa shape index (κ1) is 13.5. The molecule has 0 aromatic carbocycles. The van der Waals surface area contributed by atoms with Crippen LogP contribution in [0, 0.1) is 17.8 Å². The highest BCUT2D eigenvalue weighted by molar-refractivity contribution is 4.94. The fourth-order valence-corrected chi connectivity index (χ4v) is 2.49. The Kier molecular flexibility index (Phi) is 4.35. The van der Waals surface area contributed by atoms with Crippen LogP contribution in [0.15, 0.2) is 6.33 Å². The van der Waals surface area contributed by atoms with E-state index in [9.17, 15) is 0 Å². The van der Waals surface area contributed by atoms with Crippen molar-refractivity contribution in [2.75, 3.05) is 0 Å². The van der Waals surface area contributed by atoms with Gasteiger partial charge in [0.05, 0.1) is 0 Å². The topological polar surface area (TPSA) is 68.8 Å². The van der Waals surface area contributed by atoms with Crippen molar-refractivity contribution >= 4 is 0 Å². The molecule has 102 valence electrons. The Labute approximate surface area is 109 Å². The quantitative estimate of drug-likeness (QED) is 0.567. The predicted molar refractivity (Wildman–Crippen MR) is 71.6 cm³/mol. The molecule has 1 aliphatic carbocycles. The Hall–Kier alpha value is -0.940. The van der Waals surface area contributed by atoms with Crippen molar-refractivity contribution < 1.29 is 0 Å². The van der Waals surface area contributed by atoms with Crippen molar-refractivity contribution in [2.24, 2.45) is 23.6 Å². The molecule has 1 aromatic heterocycles. The summed E-state index contributed by atoms with van der Waals surface area (Å²) in [5.41, 5.74) is 2.96. The lowest BCUT2D eigenvalue weighted by Crippen LogP contribution is -2.43. The van der Waals surface area contributed by atoms with Gasteiger partial charge in [0.15, 0.2) is 0 Å². The van der Waals surface area contributed by atoms with E-state index in [2.05, 4.69) is 36.3 Å². The van der Waals surface area contributed by atoms with E-state index in [-0.39, 0.29) is 0 Å². The number of rotatable bonds is 7. The molecule has 2 unspecified atom stereocenters. The molecule has 3 N–H and O–H groups in total. The third-order valence-electron chi connectivity index (χ3n) is 3.85. The third-order valence-corrected chi connectivity index (χ3v) is 3.85. The van der Waals surface area contributed by atoms with E-state index in [1.54, 1.807) is 6.33 Å². The van der Waals surface area contributed by atoms with E-state index in [1.165, 1.54) is 12.8 Å². The summed E-state index contributed by atoms with van der Waals surface area (Å²) < 4.78 is 2.01. The van der Waals surface area contributed by atoms with Gasteiger partial charge >= 0.3 is 0 Å². The molecule has 5 heteroatoms. The summed E-state index contributed by atoms with van der Waals surface area (Å²) in [7, 11) is 0. The first-order valence-corrected chi connectivity index (χ1v) is 6.94. The van der Waals surface area contributed by atoms with Gasteiger partial charge in [-0.1, -0.05) is 20.8 Å². The van der Waals surface area contributed by atoms with Crippen LogP contribution in [0.25, 0.3) is 0 Å². The number of aromatic nitrogens is 3. The Morgan fingerprint density at radius 1 is 1.44 bits per heavy atom. The van der Waals surface area contributed by atoms with Crippen molar-refractivity contribution in [1.29, 1.82) is 0 Å². The van der Waals surface area contributed by atoms with Crippen molar-refractivity contribution in [1.82, 2.24) is 20.2 Å². The number of nitrogens with zero attached hydrogens (tertiary/aromatic N) is 3. The molecule has 1 fully saturated rings. The Balaban J connectivity index is 2.00. The van der Waals surface area contributed by atoms with Crippen LogP contribution >= 0.6 is 0 Å². The summed E-state index contributed by atoms with van der Waals surface area (Å²) in [5.74, 6) is 8.77. The van der Waals surface area contributed by atoms with Gasteiger partial charge < -0.3 is 0 Å². The molecule has 1 heterocycles. The minimum absolute atomic E-state index is 0.299. The lowest BCUT2D eigenvalue weighted by molar-refractivity contribution is 0.331. The molecule has 1 saturated carbocycles. The average Bonchev–Trinajstić information content (AvgIpc) is 3.08. The van der Waals surface area contributed by atoms with Crippen LogP contribution in [0.3, 0.4) is 0 Å². The van der Waals surface area contributed by atoms with Crippen LogP contribution in [0.1, 0.15) is 39.4 Å². The fraction of sp³-hybridized carbons (Fsp3) is 0.846. The minimum atomic E-state index is 0.299. The van der Waals surface area contributed by atoms with E-state index in [0.29, 0.717) is 17.9 Å². The molecule has 0 bridgehead atoms. The van der Waals surface area contributed by atoms with Gasteiger partial charge in [-0.15, -0.1) is 0 Å². The molecule has 5 nitrogen and oxygen atoms in total. The Bertz CT molecular complexity index is 369. The monoisotopic (exact) mass is 251 g/mol. The van der Waals surface area contributed by atoms with Gasteiger partial charge in [-0.2, -0.15) is 5.10 Å². The highest BCUT2D eigenvalue weighted by atomic mass is 15.3. The van der Waals surface area contributed by atoms with Crippen LogP contribution in [0.2, 0.25) is 0 Å². The van der Waals surface area contributed by atoms with Crippen molar-refractivity contribution in [3.63, 3.8) is 0 Å². The van der Waals surface area contributed by atoms with E-state index in [0.717, 1.165) is 24.7 Å². The predicted octanol–water partition coefficient (Wildman–Crippen LogP) is 1.35. The SMILES string of the molecule is CC(C)Cn1ncnc1CC(NN)C(C)C1CC1. The molecule has 0 amide bonds. The molecule has 1 aliphatic rings. The summed E-state index contributed by atoms with van der Waals surface area (Å²) in [4.78, 5) is 4.38. The molecule has 2 rings (SSSR count). The molecule has 18 heavy (non-hydrogen) atoms. The number of nitrogens with one attached hydrogen (secondary N) is 1. The fourth-order valence-electron chi connectivity index (χ4n) is 2.49. The van der Waals surface area contributed by atoms with Gasteiger partial charge in [0.2, 0.25) is 0 Å². The Morgan fingerprint density at radius 2 is 2.17 bits per heavy atom. The molecule has 0 spiro atoms. The smallest absolute Gasteiger partial charge is 0.138 e. The first-order chi connectivity index (χ1) is 8.61. The third kappa shape index (κ3) is 3.29. The van der Waals surface area contributed by atoms with E-state index < -0.39 is 0 Å². The highest BCUT2D eigenvalue weighted by Gasteiger charge is 2.33. The van der Waals surface area contributed by atoms with Crippen molar-refractivity contribution in [2.45, 2.75) is 52.6 Å². The van der Waals surface area contributed by atoms with Crippen LogP contribution in [-0.4, -0.2) is 20.8 Å². The molecule has 0 radical (unpaired) electrons. The molecule has 0 aliphatic heterocycles. The second-order valence-electron chi connectivity index (χ2n) is 5.93. The molecule has 2 atom stereocenters. The number of hydrazine groups is 1.